The fourth-order valence-electron chi connectivity index (χ4n) is 2.90. The number of hydrogen-bond donors (Lipinski definition) is 2. The van der Waals surface area contributed by atoms with Gasteiger partial charge in [-0.2, -0.15) is 9.78 Å². The molecule has 0 aliphatic heterocycles. The van der Waals surface area contributed by atoms with Crippen LogP contribution in [0.1, 0.15) is 21.6 Å². The number of benzene rings is 1. The van der Waals surface area contributed by atoms with Crippen molar-refractivity contribution in [1.29, 1.82) is 0 Å². The van der Waals surface area contributed by atoms with E-state index in [4.69, 9.17) is 4.74 Å². The predicted molar refractivity (Wildman–Crippen MR) is 123 cm³/mol. The summed E-state index contributed by atoms with van der Waals surface area (Å²) < 4.78 is 7.27. The minimum Gasteiger partial charge on any atom is -0.497 e. The molecular formula is C21H18BrN5O3S. The van der Waals surface area contributed by atoms with Gasteiger partial charge in [0.05, 0.1) is 17.6 Å². The van der Waals surface area contributed by atoms with Crippen LogP contribution in [-0.4, -0.2) is 32.8 Å². The van der Waals surface area contributed by atoms with Gasteiger partial charge in [-0.3, -0.25) is 14.6 Å². The van der Waals surface area contributed by atoms with E-state index in [2.05, 4.69) is 36.3 Å². The van der Waals surface area contributed by atoms with E-state index in [9.17, 15) is 9.59 Å². The molecule has 4 aromatic rings. The summed E-state index contributed by atoms with van der Waals surface area (Å²) >= 11 is 4.92. The van der Waals surface area contributed by atoms with Crippen LogP contribution in [0.5, 0.6) is 5.75 Å². The maximum atomic E-state index is 13.0. The molecular weight excluding hydrogens is 482 g/mol. The predicted octanol–water partition coefficient (Wildman–Crippen LogP) is 4.32. The number of carbonyl (C=O) groups is 1. The molecule has 0 aliphatic carbocycles. The van der Waals surface area contributed by atoms with Crippen LogP contribution in [0.4, 0.5) is 5.82 Å². The summed E-state index contributed by atoms with van der Waals surface area (Å²) in [5, 5.41) is 9.39. The van der Waals surface area contributed by atoms with Gasteiger partial charge in [-0.1, -0.05) is 6.07 Å². The average molecular weight is 500 g/mol. The number of carbonyl (C=O) groups excluding carboxylic acids is 1. The van der Waals surface area contributed by atoms with Crippen LogP contribution in [0.15, 0.2) is 51.0 Å². The van der Waals surface area contributed by atoms with Crippen molar-refractivity contribution in [3.63, 3.8) is 0 Å². The SMILES string of the molecule is COc1ccc(Br)c(C(=O)Nc2cc(-c3cccs3)nn2-c2nc(C)c(C)c(=O)[nH]2)c1. The molecule has 3 aromatic heterocycles. The number of methoxy groups -OCH3 is 1. The molecule has 4 rings (SSSR count). The molecule has 3 heterocycles. The number of aryl methyl sites for hydroxylation is 1. The van der Waals surface area contributed by atoms with Gasteiger partial charge in [-0.15, -0.1) is 11.3 Å². The second kappa shape index (κ2) is 8.48. The monoisotopic (exact) mass is 499 g/mol. The zero-order valence-corrected chi connectivity index (χ0v) is 19.3. The molecule has 0 saturated carbocycles. The number of H-pyrrole nitrogens is 1. The first kappa shape index (κ1) is 21.0. The minimum atomic E-state index is -0.365. The summed E-state index contributed by atoms with van der Waals surface area (Å²) in [6, 6.07) is 10.7. The Bertz CT molecular complexity index is 1330. The van der Waals surface area contributed by atoms with Gasteiger partial charge in [0.15, 0.2) is 0 Å². The third-order valence-electron chi connectivity index (χ3n) is 4.73. The van der Waals surface area contributed by atoms with Crippen molar-refractivity contribution < 1.29 is 9.53 Å². The van der Waals surface area contributed by atoms with Crippen LogP contribution in [0.25, 0.3) is 16.5 Å². The Morgan fingerprint density at radius 3 is 2.74 bits per heavy atom. The van der Waals surface area contributed by atoms with Gasteiger partial charge in [0, 0.05) is 21.8 Å². The Morgan fingerprint density at radius 1 is 1.26 bits per heavy atom. The highest BCUT2D eigenvalue weighted by molar-refractivity contribution is 9.10. The van der Waals surface area contributed by atoms with Crippen molar-refractivity contribution in [3.05, 3.63) is 73.4 Å². The molecule has 31 heavy (non-hydrogen) atoms. The molecule has 1 aromatic carbocycles. The second-order valence-corrected chi connectivity index (χ2v) is 8.51. The summed E-state index contributed by atoms with van der Waals surface area (Å²) in [6.45, 7) is 3.46. The number of aromatic nitrogens is 4. The summed E-state index contributed by atoms with van der Waals surface area (Å²) in [5.41, 5.74) is 1.89. The fourth-order valence-corrected chi connectivity index (χ4v) is 4.00. The largest absolute Gasteiger partial charge is 0.497 e. The van der Waals surface area contributed by atoms with Crippen LogP contribution < -0.4 is 15.6 Å². The number of halogens is 1. The summed E-state index contributed by atoms with van der Waals surface area (Å²) in [7, 11) is 1.54. The van der Waals surface area contributed by atoms with Crippen LogP contribution >= 0.6 is 27.3 Å². The lowest BCUT2D eigenvalue weighted by Gasteiger charge is -2.11. The van der Waals surface area contributed by atoms with Gasteiger partial charge in [0.25, 0.3) is 11.5 Å². The number of thiophene rings is 1. The van der Waals surface area contributed by atoms with Crippen LogP contribution in [-0.2, 0) is 0 Å². The Labute approximate surface area is 190 Å². The smallest absolute Gasteiger partial charge is 0.258 e. The molecule has 0 atom stereocenters. The minimum absolute atomic E-state index is 0.218. The number of aromatic amines is 1. The maximum absolute atomic E-state index is 13.0. The van der Waals surface area contributed by atoms with Crippen LogP contribution in [0, 0.1) is 13.8 Å². The molecule has 8 nitrogen and oxygen atoms in total. The normalized spacial score (nSPS) is 10.8. The topological polar surface area (TPSA) is 102 Å². The molecule has 0 saturated heterocycles. The molecule has 0 fully saturated rings. The van der Waals surface area contributed by atoms with E-state index < -0.39 is 0 Å². The third kappa shape index (κ3) is 4.17. The Balaban J connectivity index is 1.80. The Morgan fingerprint density at radius 2 is 2.06 bits per heavy atom. The van der Waals surface area contributed by atoms with Gasteiger partial charge >= 0.3 is 0 Å². The van der Waals surface area contributed by atoms with Crippen LogP contribution in [0.2, 0.25) is 0 Å². The van der Waals surface area contributed by atoms with Crippen molar-refractivity contribution in [2.45, 2.75) is 13.8 Å². The Kier molecular flexibility index (Phi) is 5.75. The van der Waals surface area contributed by atoms with E-state index in [-0.39, 0.29) is 17.4 Å². The van der Waals surface area contributed by atoms with E-state index in [0.717, 1.165) is 4.88 Å². The quantitative estimate of drug-likeness (QED) is 0.425. The summed E-state index contributed by atoms with van der Waals surface area (Å²) in [5.74, 6) is 0.780. The van der Waals surface area contributed by atoms with Gasteiger partial charge in [-0.25, -0.2) is 4.98 Å². The molecule has 0 radical (unpaired) electrons. The molecule has 158 valence electrons. The van der Waals surface area contributed by atoms with Crippen molar-refractivity contribution in [2.75, 3.05) is 12.4 Å². The van der Waals surface area contributed by atoms with Crippen molar-refractivity contribution in [3.8, 4) is 22.3 Å². The highest BCUT2D eigenvalue weighted by Crippen LogP contribution is 2.29. The van der Waals surface area contributed by atoms with E-state index in [1.165, 1.54) is 23.1 Å². The first-order chi connectivity index (χ1) is 14.9. The summed E-state index contributed by atoms with van der Waals surface area (Å²) in [6.07, 6.45) is 0. The molecule has 1 amide bonds. The number of ether oxygens (including phenoxy) is 1. The molecule has 0 bridgehead atoms. The molecule has 2 N–H and O–H groups in total. The molecule has 0 spiro atoms. The van der Waals surface area contributed by atoms with Gasteiger partial charge in [-0.05, 0) is 59.4 Å². The number of rotatable bonds is 5. The fraction of sp³-hybridized carbons (Fsp3) is 0.143. The van der Waals surface area contributed by atoms with Crippen molar-refractivity contribution >= 4 is 39.0 Å². The van der Waals surface area contributed by atoms with Gasteiger partial charge in [0.1, 0.15) is 17.3 Å². The third-order valence-corrected chi connectivity index (χ3v) is 6.31. The van der Waals surface area contributed by atoms with E-state index in [1.54, 1.807) is 38.1 Å². The van der Waals surface area contributed by atoms with Gasteiger partial charge in [0.2, 0.25) is 5.95 Å². The average Bonchev–Trinajstić information content (AvgIpc) is 3.42. The van der Waals surface area contributed by atoms with Gasteiger partial charge < -0.3 is 10.1 Å². The number of amides is 1. The van der Waals surface area contributed by atoms with Crippen LogP contribution in [0.3, 0.4) is 0 Å². The highest BCUT2D eigenvalue weighted by Gasteiger charge is 2.19. The molecule has 0 unspecified atom stereocenters. The maximum Gasteiger partial charge on any atom is 0.258 e. The first-order valence-electron chi connectivity index (χ1n) is 9.24. The first-order valence-corrected chi connectivity index (χ1v) is 10.9. The lowest BCUT2D eigenvalue weighted by molar-refractivity contribution is 0.102. The molecule has 10 heteroatoms. The number of hydrogen-bond acceptors (Lipinski definition) is 6. The zero-order chi connectivity index (χ0) is 22.1. The number of nitrogens with one attached hydrogen (secondary N) is 2. The Hall–Kier alpha value is -3.24. The highest BCUT2D eigenvalue weighted by atomic mass is 79.9. The van der Waals surface area contributed by atoms with E-state index in [0.29, 0.717) is 38.6 Å². The lowest BCUT2D eigenvalue weighted by Crippen LogP contribution is -2.21. The standard InChI is InChI=1S/C21H18BrN5O3S/c1-11-12(2)23-21(25-19(11)28)27-18(10-16(26-27)17-5-4-8-31-17)24-20(29)14-9-13(30-3)6-7-15(14)22/h4-10H,1-3H3,(H,24,29)(H,23,25,28). The van der Waals surface area contributed by atoms with Crippen molar-refractivity contribution in [2.24, 2.45) is 0 Å². The number of nitrogens with zero attached hydrogens (tertiary/aromatic N) is 3. The summed E-state index contributed by atoms with van der Waals surface area (Å²) in [4.78, 5) is 33.4. The lowest BCUT2D eigenvalue weighted by atomic mass is 10.2. The van der Waals surface area contributed by atoms with E-state index in [1.807, 2.05) is 17.5 Å². The van der Waals surface area contributed by atoms with Crippen molar-refractivity contribution in [1.82, 2.24) is 19.7 Å². The zero-order valence-electron chi connectivity index (χ0n) is 16.9. The number of anilines is 1. The molecule has 0 aliphatic rings. The second-order valence-electron chi connectivity index (χ2n) is 6.70. The van der Waals surface area contributed by atoms with E-state index >= 15 is 0 Å².